The molecule has 3 aromatic carbocycles. The van der Waals surface area contributed by atoms with Crippen LogP contribution < -0.4 is 26.0 Å². The highest BCUT2D eigenvalue weighted by molar-refractivity contribution is 6.00. The van der Waals surface area contributed by atoms with Crippen molar-refractivity contribution >= 4 is 40.4 Å². The van der Waals surface area contributed by atoms with Gasteiger partial charge >= 0.3 is 6.03 Å². The number of carbonyl (C=O) groups is 1. The molecule has 4 N–H and O–H groups in total. The summed E-state index contributed by atoms with van der Waals surface area (Å²) in [4.78, 5) is 21.4. The number of urea groups is 1. The van der Waals surface area contributed by atoms with Crippen LogP contribution in [-0.4, -0.2) is 22.6 Å². The Kier molecular flexibility index (Phi) is 7.42. The normalized spacial score (nSPS) is 10.4. The maximum atomic E-state index is 12.4. The summed E-state index contributed by atoms with van der Waals surface area (Å²) in [5, 5.41) is 12.2. The SMILES string of the molecule is CCOc1ccccc1NC(=O)Nc1ccc(Nc2cc(Nc3ccc(C)cc3)nc(C)n2)cc1. The van der Waals surface area contributed by atoms with Gasteiger partial charge in [0.05, 0.1) is 12.3 Å². The number of ether oxygens (including phenoxy) is 1. The monoisotopic (exact) mass is 468 g/mol. The molecule has 1 aromatic heterocycles. The summed E-state index contributed by atoms with van der Waals surface area (Å²) in [5.41, 5.74) is 4.25. The summed E-state index contributed by atoms with van der Waals surface area (Å²) in [6.45, 7) is 6.32. The zero-order valence-corrected chi connectivity index (χ0v) is 19.9. The van der Waals surface area contributed by atoms with Gasteiger partial charge in [0.15, 0.2) is 0 Å². The van der Waals surface area contributed by atoms with E-state index in [0.29, 0.717) is 41.2 Å². The topological polar surface area (TPSA) is 100 Å². The first kappa shape index (κ1) is 23.6. The Morgan fingerprint density at radius 2 is 1.34 bits per heavy atom. The van der Waals surface area contributed by atoms with Crippen LogP contribution in [0.5, 0.6) is 5.75 Å². The Hall–Kier alpha value is -4.59. The first-order chi connectivity index (χ1) is 17.0. The van der Waals surface area contributed by atoms with E-state index in [9.17, 15) is 4.79 Å². The maximum Gasteiger partial charge on any atom is 0.323 e. The average molecular weight is 469 g/mol. The molecule has 4 aromatic rings. The van der Waals surface area contributed by atoms with E-state index in [0.717, 1.165) is 11.4 Å². The van der Waals surface area contributed by atoms with Crippen LogP contribution in [0.4, 0.5) is 39.2 Å². The van der Waals surface area contributed by atoms with E-state index >= 15 is 0 Å². The van der Waals surface area contributed by atoms with Gasteiger partial charge in [0, 0.05) is 23.1 Å². The number of carbonyl (C=O) groups excluding carboxylic acids is 1. The van der Waals surface area contributed by atoms with Crippen LogP contribution in [-0.2, 0) is 0 Å². The summed E-state index contributed by atoms with van der Waals surface area (Å²) in [7, 11) is 0. The standard InChI is InChI=1S/C27H28N6O2/c1-4-35-24-8-6-5-7-23(24)33-27(34)32-22-15-13-21(14-16-22)31-26-17-25(28-19(3)29-26)30-20-11-9-18(2)10-12-20/h5-17H,4H2,1-3H3,(H2,32,33,34)(H2,28,29,30,31). The van der Waals surface area contributed by atoms with E-state index in [-0.39, 0.29) is 6.03 Å². The molecule has 4 rings (SSSR count). The quantitative estimate of drug-likeness (QED) is 0.232. The lowest BCUT2D eigenvalue weighted by Gasteiger charge is -2.13. The van der Waals surface area contributed by atoms with Crippen molar-refractivity contribution in [2.24, 2.45) is 0 Å². The predicted octanol–water partition coefficient (Wildman–Crippen LogP) is 6.62. The first-order valence-electron chi connectivity index (χ1n) is 11.3. The fraction of sp³-hybridized carbons (Fsp3) is 0.148. The molecule has 35 heavy (non-hydrogen) atoms. The number of amides is 2. The average Bonchev–Trinajstić information content (AvgIpc) is 2.83. The molecule has 0 aliphatic heterocycles. The lowest BCUT2D eigenvalue weighted by molar-refractivity contribution is 0.262. The molecular weight excluding hydrogens is 440 g/mol. The van der Waals surface area contributed by atoms with Crippen LogP contribution in [0.1, 0.15) is 18.3 Å². The number of aryl methyl sites for hydroxylation is 2. The van der Waals surface area contributed by atoms with Crippen LogP contribution in [0.3, 0.4) is 0 Å². The molecule has 0 saturated carbocycles. The minimum Gasteiger partial charge on any atom is -0.492 e. The molecule has 0 aliphatic carbocycles. The summed E-state index contributed by atoms with van der Waals surface area (Å²) >= 11 is 0. The van der Waals surface area contributed by atoms with Crippen molar-refractivity contribution in [2.45, 2.75) is 20.8 Å². The van der Waals surface area contributed by atoms with E-state index in [1.54, 1.807) is 6.07 Å². The van der Waals surface area contributed by atoms with Crippen molar-refractivity contribution in [1.29, 1.82) is 0 Å². The van der Waals surface area contributed by atoms with Crippen molar-refractivity contribution in [3.63, 3.8) is 0 Å². The number of nitrogens with zero attached hydrogens (tertiary/aromatic N) is 2. The fourth-order valence-corrected chi connectivity index (χ4v) is 3.40. The van der Waals surface area contributed by atoms with Gasteiger partial charge in [-0.15, -0.1) is 0 Å². The van der Waals surface area contributed by atoms with Crippen LogP contribution >= 0.6 is 0 Å². The van der Waals surface area contributed by atoms with Crippen LogP contribution in [0.15, 0.2) is 78.9 Å². The lowest BCUT2D eigenvalue weighted by atomic mass is 10.2. The second-order valence-electron chi connectivity index (χ2n) is 7.89. The largest absolute Gasteiger partial charge is 0.492 e. The summed E-state index contributed by atoms with van der Waals surface area (Å²) in [6.07, 6.45) is 0. The van der Waals surface area contributed by atoms with E-state index < -0.39 is 0 Å². The van der Waals surface area contributed by atoms with E-state index in [2.05, 4.69) is 38.2 Å². The molecule has 8 heteroatoms. The summed E-state index contributed by atoms with van der Waals surface area (Å²) in [5.74, 6) is 2.64. The number of hydrogen-bond donors (Lipinski definition) is 4. The van der Waals surface area contributed by atoms with Crippen molar-refractivity contribution in [2.75, 3.05) is 27.9 Å². The molecule has 0 spiro atoms. The molecule has 2 amide bonds. The van der Waals surface area contributed by atoms with E-state index in [1.165, 1.54) is 5.56 Å². The van der Waals surface area contributed by atoms with Crippen molar-refractivity contribution in [3.8, 4) is 5.75 Å². The number of para-hydroxylation sites is 2. The van der Waals surface area contributed by atoms with E-state index in [4.69, 9.17) is 4.74 Å². The number of aromatic nitrogens is 2. The molecule has 8 nitrogen and oxygen atoms in total. The minimum atomic E-state index is -0.351. The highest BCUT2D eigenvalue weighted by Crippen LogP contribution is 2.25. The smallest absolute Gasteiger partial charge is 0.323 e. The number of anilines is 6. The molecule has 1 heterocycles. The molecule has 0 radical (unpaired) electrons. The number of rotatable bonds is 8. The highest BCUT2D eigenvalue weighted by Gasteiger charge is 2.08. The van der Waals surface area contributed by atoms with Gasteiger partial charge in [-0.1, -0.05) is 29.8 Å². The molecule has 0 bridgehead atoms. The molecule has 178 valence electrons. The van der Waals surface area contributed by atoms with Crippen LogP contribution in [0, 0.1) is 13.8 Å². The van der Waals surface area contributed by atoms with Gasteiger partial charge in [-0.2, -0.15) is 0 Å². The lowest BCUT2D eigenvalue weighted by Crippen LogP contribution is -2.19. The summed E-state index contributed by atoms with van der Waals surface area (Å²) in [6, 6.07) is 24.3. The summed E-state index contributed by atoms with van der Waals surface area (Å²) < 4.78 is 5.55. The maximum absolute atomic E-state index is 12.4. The second-order valence-corrected chi connectivity index (χ2v) is 7.89. The Morgan fingerprint density at radius 1 is 0.771 bits per heavy atom. The van der Waals surface area contributed by atoms with Gasteiger partial charge in [0.1, 0.15) is 23.2 Å². The molecule has 0 atom stereocenters. The number of hydrogen-bond acceptors (Lipinski definition) is 6. The first-order valence-corrected chi connectivity index (χ1v) is 11.3. The van der Waals surface area contributed by atoms with Gasteiger partial charge in [-0.05, 0) is 69.3 Å². The Balaban J connectivity index is 1.38. The van der Waals surface area contributed by atoms with Gasteiger partial charge in [-0.3, -0.25) is 0 Å². The van der Waals surface area contributed by atoms with Gasteiger partial charge in [-0.25, -0.2) is 14.8 Å². The molecule has 0 aliphatic rings. The minimum absolute atomic E-state index is 0.351. The predicted molar refractivity (Wildman–Crippen MR) is 141 cm³/mol. The van der Waals surface area contributed by atoms with Crippen LogP contribution in [0.2, 0.25) is 0 Å². The van der Waals surface area contributed by atoms with Gasteiger partial charge in [0.2, 0.25) is 0 Å². The van der Waals surface area contributed by atoms with Gasteiger partial charge < -0.3 is 26.0 Å². The van der Waals surface area contributed by atoms with E-state index in [1.807, 2.05) is 86.6 Å². The van der Waals surface area contributed by atoms with Crippen molar-refractivity contribution in [3.05, 3.63) is 90.3 Å². The highest BCUT2D eigenvalue weighted by atomic mass is 16.5. The Morgan fingerprint density at radius 3 is 1.97 bits per heavy atom. The molecule has 0 saturated heterocycles. The Bertz CT molecular complexity index is 1290. The Labute approximate surface area is 204 Å². The molecular formula is C27H28N6O2. The second kappa shape index (κ2) is 11.0. The third-order valence-electron chi connectivity index (χ3n) is 5.01. The van der Waals surface area contributed by atoms with Crippen molar-refractivity contribution < 1.29 is 9.53 Å². The number of benzene rings is 3. The third-order valence-corrected chi connectivity index (χ3v) is 5.01. The fourth-order valence-electron chi connectivity index (χ4n) is 3.40. The third kappa shape index (κ3) is 6.70. The molecule has 0 fully saturated rings. The number of nitrogens with one attached hydrogen (secondary N) is 4. The zero-order valence-electron chi connectivity index (χ0n) is 19.9. The van der Waals surface area contributed by atoms with Gasteiger partial charge in [0.25, 0.3) is 0 Å². The molecule has 0 unspecified atom stereocenters. The zero-order chi connectivity index (χ0) is 24.6. The van der Waals surface area contributed by atoms with Crippen molar-refractivity contribution in [1.82, 2.24) is 9.97 Å². The van der Waals surface area contributed by atoms with Crippen LogP contribution in [0.25, 0.3) is 0 Å².